The Morgan fingerprint density at radius 1 is 1.27 bits per heavy atom. The van der Waals surface area contributed by atoms with Crippen molar-refractivity contribution in [2.24, 2.45) is 0 Å². The molecule has 0 radical (unpaired) electrons. The van der Waals surface area contributed by atoms with Crippen LogP contribution in [0.4, 0.5) is 5.00 Å². The number of hydrogen-bond acceptors (Lipinski definition) is 7. The maximum Gasteiger partial charge on any atom is 0.350 e. The largest absolute Gasteiger partial charge is 0.462 e. The highest BCUT2D eigenvalue weighted by Gasteiger charge is 2.20. The lowest BCUT2D eigenvalue weighted by atomic mass is 10.1. The second-order valence-corrected chi connectivity index (χ2v) is 5.47. The average Bonchev–Trinajstić information content (AvgIpc) is 2.75. The fourth-order valence-electron chi connectivity index (χ4n) is 1.66. The predicted octanol–water partition coefficient (Wildman–Crippen LogP) is 2.92. The van der Waals surface area contributed by atoms with Crippen molar-refractivity contribution in [3.05, 3.63) is 27.8 Å². The van der Waals surface area contributed by atoms with Crippen LogP contribution in [0.5, 0.6) is 0 Å². The molecule has 0 aliphatic heterocycles. The minimum atomic E-state index is -0.708. The maximum absolute atomic E-state index is 12.0. The van der Waals surface area contributed by atoms with Gasteiger partial charge in [0.15, 0.2) is 5.57 Å². The van der Waals surface area contributed by atoms with Gasteiger partial charge >= 0.3 is 11.9 Å². The zero-order valence-corrected chi connectivity index (χ0v) is 13.8. The van der Waals surface area contributed by atoms with E-state index in [2.05, 4.69) is 5.32 Å². The number of hydrogen-bond donors (Lipinski definition) is 1. The summed E-state index contributed by atoms with van der Waals surface area (Å²) in [4.78, 5) is 24.5. The Morgan fingerprint density at radius 3 is 2.45 bits per heavy atom. The van der Waals surface area contributed by atoms with Crippen molar-refractivity contribution in [1.82, 2.24) is 0 Å². The van der Waals surface area contributed by atoms with Gasteiger partial charge in [0, 0.05) is 11.1 Å². The third-order valence-corrected chi connectivity index (χ3v) is 3.97. The zero-order chi connectivity index (χ0) is 16.7. The van der Waals surface area contributed by atoms with Crippen LogP contribution in [0.2, 0.25) is 0 Å². The quantitative estimate of drug-likeness (QED) is 0.492. The van der Waals surface area contributed by atoms with Gasteiger partial charge in [0.05, 0.1) is 18.8 Å². The van der Waals surface area contributed by atoms with E-state index in [1.807, 2.05) is 13.8 Å². The van der Waals surface area contributed by atoms with E-state index in [4.69, 9.17) is 14.7 Å². The van der Waals surface area contributed by atoms with Gasteiger partial charge in [-0.2, -0.15) is 5.26 Å². The van der Waals surface area contributed by atoms with Crippen LogP contribution in [0, 0.1) is 25.2 Å². The molecule has 0 aliphatic rings. The number of ether oxygens (including phenoxy) is 2. The molecule has 1 rings (SSSR count). The van der Waals surface area contributed by atoms with Gasteiger partial charge in [-0.25, -0.2) is 9.59 Å². The fraction of sp³-hybridized carbons (Fsp3) is 0.400. The summed E-state index contributed by atoms with van der Waals surface area (Å²) in [5, 5.41) is 12.3. The Bertz CT molecular complexity index is 641. The summed E-state index contributed by atoms with van der Waals surface area (Å²) in [6.45, 7) is 7.55. The molecule has 0 fully saturated rings. The van der Waals surface area contributed by atoms with Gasteiger partial charge in [-0.1, -0.05) is 0 Å². The van der Waals surface area contributed by atoms with Crippen LogP contribution < -0.4 is 5.32 Å². The number of nitrogens with one attached hydrogen (secondary N) is 1. The summed E-state index contributed by atoms with van der Waals surface area (Å²) in [5.41, 5.74) is 1.07. The first kappa shape index (κ1) is 17.7. The lowest BCUT2D eigenvalue weighted by Crippen LogP contribution is -2.10. The van der Waals surface area contributed by atoms with E-state index >= 15 is 0 Å². The van der Waals surface area contributed by atoms with Crippen molar-refractivity contribution in [2.75, 3.05) is 18.5 Å². The van der Waals surface area contributed by atoms with Gasteiger partial charge in [-0.3, -0.25) is 0 Å². The van der Waals surface area contributed by atoms with Gasteiger partial charge in [-0.15, -0.1) is 11.3 Å². The molecule has 0 spiro atoms. The number of esters is 2. The van der Waals surface area contributed by atoms with Crippen molar-refractivity contribution in [1.29, 1.82) is 5.26 Å². The third kappa shape index (κ3) is 4.09. The van der Waals surface area contributed by atoms with E-state index in [1.165, 1.54) is 17.5 Å². The van der Waals surface area contributed by atoms with Crippen molar-refractivity contribution in [2.45, 2.75) is 27.7 Å². The summed E-state index contributed by atoms with van der Waals surface area (Å²) >= 11 is 1.35. The van der Waals surface area contributed by atoms with E-state index < -0.39 is 11.9 Å². The molecule has 0 aromatic carbocycles. The SMILES string of the molecule is CCOC(=O)/C(C#N)=C/Nc1sc(C)c(C)c1C(=O)OCC. The number of aryl methyl sites for hydroxylation is 1. The molecule has 0 amide bonds. The van der Waals surface area contributed by atoms with Gasteiger partial charge in [0.25, 0.3) is 0 Å². The molecule has 7 heteroatoms. The van der Waals surface area contributed by atoms with Crippen LogP contribution in [0.1, 0.15) is 34.6 Å². The highest BCUT2D eigenvalue weighted by Crippen LogP contribution is 2.33. The molecule has 0 atom stereocenters. The summed E-state index contributed by atoms with van der Waals surface area (Å²) < 4.78 is 9.80. The van der Waals surface area contributed by atoms with Crippen LogP contribution in [0.25, 0.3) is 0 Å². The number of carbonyl (C=O) groups is 2. The summed E-state index contributed by atoms with van der Waals surface area (Å²) in [6, 6.07) is 1.76. The first-order valence-corrected chi connectivity index (χ1v) is 7.58. The molecule has 0 saturated carbocycles. The van der Waals surface area contributed by atoms with E-state index in [0.29, 0.717) is 10.6 Å². The summed E-state index contributed by atoms with van der Waals surface area (Å²) in [5.74, 6) is -1.14. The second-order valence-electron chi connectivity index (χ2n) is 4.24. The van der Waals surface area contributed by atoms with E-state index in [-0.39, 0.29) is 18.8 Å². The molecule has 1 N–H and O–H groups in total. The Kier molecular flexibility index (Phi) is 6.60. The maximum atomic E-state index is 12.0. The smallest absolute Gasteiger partial charge is 0.350 e. The number of nitrogens with zero attached hydrogens (tertiary/aromatic N) is 1. The Labute approximate surface area is 133 Å². The highest BCUT2D eigenvalue weighted by molar-refractivity contribution is 7.16. The van der Waals surface area contributed by atoms with E-state index in [1.54, 1.807) is 19.9 Å². The highest BCUT2D eigenvalue weighted by atomic mass is 32.1. The van der Waals surface area contributed by atoms with Crippen molar-refractivity contribution < 1.29 is 19.1 Å². The van der Waals surface area contributed by atoms with Crippen LogP contribution in [-0.4, -0.2) is 25.2 Å². The van der Waals surface area contributed by atoms with Crippen LogP contribution in [-0.2, 0) is 14.3 Å². The van der Waals surface area contributed by atoms with Gasteiger partial charge in [0.1, 0.15) is 11.1 Å². The predicted molar refractivity (Wildman–Crippen MR) is 83.7 cm³/mol. The molecule has 0 unspecified atom stereocenters. The number of anilines is 1. The van der Waals surface area contributed by atoms with Crippen molar-refractivity contribution >= 4 is 28.3 Å². The molecular weight excluding hydrogens is 304 g/mol. The standard InChI is InChI=1S/C15H18N2O4S/c1-5-20-14(18)11(7-16)8-17-13-12(15(19)21-6-2)9(3)10(4)22-13/h8,17H,5-6H2,1-4H3/b11-8+. The molecular formula is C15H18N2O4S. The number of nitriles is 1. The third-order valence-electron chi connectivity index (χ3n) is 2.83. The molecule has 1 heterocycles. The molecule has 0 aliphatic carbocycles. The van der Waals surface area contributed by atoms with Gasteiger partial charge < -0.3 is 14.8 Å². The first-order chi connectivity index (χ1) is 10.5. The lowest BCUT2D eigenvalue weighted by Gasteiger charge is -2.05. The minimum absolute atomic E-state index is 0.166. The van der Waals surface area contributed by atoms with Crippen molar-refractivity contribution in [3.8, 4) is 6.07 Å². The zero-order valence-electron chi connectivity index (χ0n) is 13.0. The molecule has 22 heavy (non-hydrogen) atoms. The molecule has 1 aromatic rings. The summed E-state index contributed by atoms with van der Waals surface area (Å²) in [7, 11) is 0. The minimum Gasteiger partial charge on any atom is -0.462 e. The van der Waals surface area contributed by atoms with Gasteiger partial charge in [0.2, 0.25) is 0 Å². The molecule has 118 valence electrons. The van der Waals surface area contributed by atoms with Crippen LogP contribution >= 0.6 is 11.3 Å². The first-order valence-electron chi connectivity index (χ1n) is 6.77. The topological polar surface area (TPSA) is 88.4 Å². The van der Waals surface area contributed by atoms with E-state index in [9.17, 15) is 9.59 Å². The fourth-order valence-corrected chi connectivity index (χ4v) is 2.68. The summed E-state index contributed by atoms with van der Waals surface area (Å²) in [6.07, 6.45) is 1.24. The lowest BCUT2D eigenvalue weighted by molar-refractivity contribution is -0.138. The Hall–Kier alpha value is -2.33. The Morgan fingerprint density at radius 2 is 1.91 bits per heavy atom. The van der Waals surface area contributed by atoms with Crippen LogP contribution in [0.15, 0.2) is 11.8 Å². The van der Waals surface area contributed by atoms with Crippen molar-refractivity contribution in [3.63, 3.8) is 0 Å². The second kappa shape index (κ2) is 8.20. The molecule has 6 nitrogen and oxygen atoms in total. The average molecular weight is 322 g/mol. The van der Waals surface area contributed by atoms with E-state index in [0.717, 1.165) is 10.4 Å². The number of carbonyl (C=O) groups excluding carboxylic acids is 2. The van der Waals surface area contributed by atoms with Gasteiger partial charge in [-0.05, 0) is 33.3 Å². The molecule has 1 aromatic heterocycles. The number of rotatable bonds is 6. The monoisotopic (exact) mass is 322 g/mol. The number of thiophene rings is 1. The van der Waals surface area contributed by atoms with Crippen LogP contribution in [0.3, 0.4) is 0 Å². The normalized spacial score (nSPS) is 10.8. The molecule has 0 bridgehead atoms. The molecule has 0 saturated heterocycles. The Balaban J connectivity index is 3.08.